The highest BCUT2D eigenvalue weighted by Crippen LogP contribution is 2.42. The molecule has 0 amide bonds. The summed E-state index contributed by atoms with van der Waals surface area (Å²) in [5.74, 6) is -0.120. The first-order chi connectivity index (χ1) is 17.6. The number of aryl methyl sites for hydroxylation is 2. The number of rotatable bonds is 6. The second-order valence-corrected chi connectivity index (χ2v) is 14.3. The summed E-state index contributed by atoms with van der Waals surface area (Å²) in [6, 6.07) is 20.6. The Morgan fingerprint density at radius 3 is 1.73 bits per heavy atom. The molecule has 3 aromatic rings. The predicted molar refractivity (Wildman–Crippen MR) is 146 cm³/mol. The van der Waals surface area contributed by atoms with Crippen LogP contribution in [0.4, 0.5) is 0 Å². The van der Waals surface area contributed by atoms with Gasteiger partial charge in [-0.1, -0.05) is 59.1 Å². The van der Waals surface area contributed by atoms with Gasteiger partial charge in [-0.2, -0.15) is 8.61 Å². The Hall–Kier alpha value is -2.23. The maximum atomic E-state index is 13.8. The molecule has 2 saturated heterocycles. The molecule has 37 heavy (non-hydrogen) atoms. The molecule has 0 spiro atoms. The van der Waals surface area contributed by atoms with Gasteiger partial charge >= 0.3 is 0 Å². The highest BCUT2D eigenvalue weighted by molar-refractivity contribution is 7.89. The molecule has 196 valence electrons. The quantitative estimate of drug-likeness (QED) is 0.425. The van der Waals surface area contributed by atoms with Crippen LogP contribution < -0.4 is 0 Å². The molecule has 0 unspecified atom stereocenters. The molecule has 3 aromatic carbocycles. The fourth-order valence-corrected chi connectivity index (χ4v) is 9.22. The second kappa shape index (κ2) is 10.2. The van der Waals surface area contributed by atoms with Crippen molar-refractivity contribution < 1.29 is 16.8 Å². The number of fused-ring (bicyclic) bond motifs is 1. The number of benzene rings is 3. The van der Waals surface area contributed by atoms with Crippen LogP contribution in [0, 0.1) is 19.8 Å². The average Bonchev–Trinajstić information content (AvgIpc) is 3.32. The highest BCUT2D eigenvalue weighted by atomic mass is 35.5. The highest BCUT2D eigenvalue weighted by Gasteiger charge is 2.51. The third kappa shape index (κ3) is 5.10. The molecule has 2 aliphatic rings. The van der Waals surface area contributed by atoms with Crippen molar-refractivity contribution in [2.45, 2.75) is 55.0 Å². The van der Waals surface area contributed by atoms with E-state index >= 15 is 0 Å². The summed E-state index contributed by atoms with van der Waals surface area (Å²) in [7, 11) is -7.46. The maximum absolute atomic E-state index is 13.8. The van der Waals surface area contributed by atoms with E-state index in [9.17, 15) is 16.8 Å². The van der Waals surface area contributed by atoms with Crippen LogP contribution in [0.15, 0.2) is 82.6 Å². The maximum Gasteiger partial charge on any atom is 0.243 e. The minimum Gasteiger partial charge on any atom is -0.207 e. The third-order valence-corrected chi connectivity index (χ3v) is 11.8. The van der Waals surface area contributed by atoms with E-state index in [0.29, 0.717) is 30.8 Å². The molecular weight excluding hydrogens is 528 g/mol. The lowest BCUT2D eigenvalue weighted by Crippen LogP contribution is -2.55. The molecule has 0 saturated carbocycles. The van der Waals surface area contributed by atoms with Gasteiger partial charge in [0.05, 0.1) is 9.79 Å². The molecule has 0 N–H and O–H groups in total. The van der Waals surface area contributed by atoms with E-state index < -0.39 is 20.0 Å². The summed E-state index contributed by atoms with van der Waals surface area (Å²) in [5.41, 5.74) is 2.96. The first kappa shape index (κ1) is 26.4. The van der Waals surface area contributed by atoms with Crippen molar-refractivity contribution in [3.8, 4) is 0 Å². The molecule has 2 fully saturated rings. The Morgan fingerprint density at radius 1 is 0.703 bits per heavy atom. The van der Waals surface area contributed by atoms with Gasteiger partial charge in [-0.15, -0.1) is 0 Å². The molecule has 2 aliphatic heterocycles. The van der Waals surface area contributed by atoms with Crippen LogP contribution in [0.1, 0.15) is 29.5 Å². The summed E-state index contributed by atoms with van der Waals surface area (Å²) in [6.45, 7) is 4.48. The first-order valence-corrected chi connectivity index (χ1v) is 15.7. The summed E-state index contributed by atoms with van der Waals surface area (Å²) in [5, 5.41) is 0.616. The summed E-state index contributed by atoms with van der Waals surface area (Å²) >= 11 is 6.10. The standard InChI is InChI=1S/C28H31ClN2O4S2/c1-20-3-11-24(12-4-20)36(32,33)30-17-15-26-27(30)16-18-31(28(26)19-22-7-9-23(29)10-8-22)37(34,35)25-13-5-21(2)6-14-25/h3-14,26-28H,15-19H2,1-2H3/t26-,27+,28-/m0/s1. The summed E-state index contributed by atoms with van der Waals surface area (Å²) < 4.78 is 58.1. The van der Waals surface area contributed by atoms with Crippen LogP contribution in [-0.4, -0.2) is 50.6 Å². The lowest BCUT2D eigenvalue weighted by molar-refractivity contribution is 0.138. The molecule has 6 nitrogen and oxygen atoms in total. The van der Waals surface area contributed by atoms with Crippen LogP contribution in [0.5, 0.6) is 0 Å². The number of hydrogen-bond donors (Lipinski definition) is 0. The number of hydrogen-bond acceptors (Lipinski definition) is 4. The molecule has 5 rings (SSSR count). The minimum absolute atomic E-state index is 0.120. The second-order valence-electron chi connectivity index (χ2n) is 10.1. The van der Waals surface area contributed by atoms with Crippen LogP contribution in [0.3, 0.4) is 0 Å². The largest absolute Gasteiger partial charge is 0.243 e. The van der Waals surface area contributed by atoms with Gasteiger partial charge in [-0.05, 0) is 81.0 Å². The van der Waals surface area contributed by atoms with Crippen LogP contribution in [0.2, 0.25) is 5.02 Å². The number of piperidine rings is 1. The van der Waals surface area contributed by atoms with Crippen LogP contribution in [-0.2, 0) is 26.5 Å². The van der Waals surface area contributed by atoms with E-state index in [1.165, 1.54) is 0 Å². The third-order valence-electron chi connectivity index (χ3n) is 7.67. The monoisotopic (exact) mass is 558 g/mol. The minimum atomic E-state index is -3.77. The molecule has 0 bridgehead atoms. The van der Waals surface area contributed by atoms with Gasteiger partial charge in [0.2, 0.25) is 20.0 Å². The van der Waals surface area contributed by atoms with E-state index in [4.69, 9.17) is 11.6 Å². The van der Waals surface area contributed by atoms with Gasteiger partial charge in [0.15, 0.2) is 0 Å². The van der Waals surface area contributed by atoms with Gasteiger partial charge in [-0.3, -0.25) is 0 Å². The molecule has 0 aromatic heterocycles. The van der Waals surface area contributed by atoms with E-state index in [1.54, 1.807) is 69.3 Å². The Bertz CT molecular complexity index is 1470. The van der Waals surface area contributed by atoms with Crippen molar-refractivity contribution >= 4 is 31.6 Å². The van der Waals surface area contributed by atoms with Gasteiger partial charge < -0.3 is 0 Å². The Morgan fingerprint density at radius 2 is 1.19 bits per heavy atom. The predicted octanol–water partition coefficient (Wildman–Crippen LogP) is 5.04. The Labute approximate surface area is 225 Å². The number of sulfonamides is 2. The fourth-order valence-electron chi connectivity index (χ4n) is 5.70. The lowest BCUT2D eigenvalue weighted by Gasteiger charge is -2.43. The zero-order valence-corrected chi connectivity index (χ0v) is 23.3. The van der Waals surface area contributed by atoms with Gasteiger partial charge in [0, 0.05) is 30.2 Å². The molecule has 2 heterocycles. The van der Waals surface area contributed by atoms with Crippen molar-refractivity contribution in [3.63, 3.8) is 0 Å². The van der Waals surface area contributed by atoms with Crippen molar-refractivity contribution in [1.82, 2.24) is 8.61 Å². The fraction of sp³-hybridized carbons (Fsp3) is 0.357. The Kier molecular flexibility index (Phi) is 7.24. The normalized spacial score (nSPS) is 23.2. The van der Waals surface area contributed by atoms with Crippen LogP contribution >= 0.6 is 11.6 Å². The molecule has 3 atom stereocenters. The molecule has 0 aliphatic carbocycles. The molecule has 9 heteroatoms. The van der Waals surface area contributed by atoms with Crippen LogP contribution in [0.25, 0.3) is 0 Å². The lowest BCUT2D eigenvalue weighted by atomic mass is 9.83. The summed E-state index contributed by atoms with van der Waals surface area (Å²) in [4.78, 5) is 0.544. The van der Waals surface area contributed by atoms with Gasteiger partial charge in [0.1, 0.15) is 0 Å². The molecule has 0 radical (unpaired) electrons. The van der Waals surface area contributed by atoms with E-state index in [2.05, 4.69) is 0 Å². The smallest absolute Gasteiger partial charge is 0.207 e. The van der Waals surface area contributed by atoms with E-state index in [1.807, 2.05) is 26.0 Å². The van der Waals surface area contributed by atoms with Crippen molar-refractivity contribution in [3.05, 3.63) is 94.5 Å². The Balaban J connectivity index is 1.50. The van der Waals surface area contributed by atoms with Gasteiger partial charge in [0.25, 0.3) is 0 Å². The van der Waals surface area contributed by atoms with E-state index in [-0.39, 0.29) is 34.3 Å². The molecular formula is C28H31ClN2O4S2. The van der Waals surface area contributed by atoms with Crippen molar-refractivity contribution in [2.75, 3.05) is 13.1 Å². The van der Waals surface area contributed by atoms with Crippen molar-refractivity contribution in [2.24, 2.45) is 5.92 Å². The average molecular weight is 559 g/mol. The zero-order chi connectivity index (χ0) is 26.4. The number of nitrogens with zero attached hydrogens (tertiary/aromatic N) is 2. The first-order valence-electron chi connectivity index (χ1n) is 12.5. The topological polar surface area (TPSA) is 74.8 Å². The zero-order valence-electron chi connectivity index (χ0n) is 20.9. The number of halogens is 1. The van der Waals surface area contributed by atoms with Crippen molar-refractivity contribution in [1.29, 1.82) is 0 Å². The summed E-state index contributed by atoms with van der Waals surface area (Å²) in [6.07, 6.45) is 1.55. The SMILES string of the molecule is Cc1ccc(S(=O)(=O)N2CC[C@H]3[C@H]2CCN(S(=O)(=O)c2ccc(C)cc2)[C@H]3Cc2ccc(Cl)cc2)cc1. The van der Waals surface area contributed by atoms with E-state index in [0.717, 1.165) is 16.7 Å². The van der Waals surface area contributed by atoms with Gasteiger partial charge in [-0.25, -0.2) is 16.8 Å².